The van der Waals surface area contributed by atoms with Crippen molar-refractivity contribution in [3.63, 3.8) is 0 Å². The number of nitrogens with zero attached hydrogens (tertiary/aromatic N) is 3. The molecule has 0 radical (unpaired) electrons. The van der Waals surface area contributed by atoms with E-state index in [0.29, 0.717) is 22.4 Å². The van der Waals surface area contributed by atoms with Crippen LogP contribution in [0.3, 0.4) is 0 Å². The van der Waals surface area contributed by atoms with Crippen LogP contribution in [-0.4, -0.2) is 46.4 Å². The second kappa shape index (κ2) is 10.7. The molecule has 0 bridgehead atoms. The lowest BCUT2D eigenvalue weighted by Crippen LogP contribution is -2.22. The first kappa shape index (κ1) is 24.5. The zero-order chi connectivity index (χ0) is 24.9. The highest BCUT2D eigenvalue weighted by atomic mass is 32.2. The van der Waals surface area contributed by atoms with Crippen molar-refractivity contribution in [1.82, 2.24) is 20.5 Å². The molecule has 2 heterocycles. The quantitative estimate of drug-likeness (QED) is 0.374. The van der Waals surface area contributed by atoms with E-state index in [2.05, 4.69) is 45.0 Å². The van der Waals surface area contributed by atoms with Crippen molar-refractivity contribution in [2.75, 3.05) is 24.8 Å². The number of rotatable bonds is 9. The lowest BCUT2D eigenvalue weighted by Gasteiger charge is -2.17. The molecule has 3 aromatic rings. The largest absolute Gasteiger partial charge is 0.494 e. The van der Waals surface area contributed by atoms with Crippen molar-refractivity contribution in [2.24, 2.45) is 5.92 Å². The zero-order valence-corrected chi connectivity index (χ0v) is 20.9. The van der Waals surface area contributed by atoms with Crippen molar-refractivity contribution in [2.45, 2.75) is 36.8 Å². The third kappa shape index (κ3) is 5.89. The van der Waals surface area contributed by atoms with Gasteiger partial charge < -0.3 is 20.7 Å². The minimum Gasteiger partial charge on any atom is -0.494 e. The smallest absolute Gasteiger partial charge is 0.273 e. The van der Waals surface area contributed by atoms with Gasteiger partial charge in [-0.3, -0.25) is 14.6 Å². The monoisotopic (exact) mass is 492 g/mol. The summed E-state index contributed by atoms with van der Waals surface area (Å²) in [7, 11) is 3.10. The van der Waals surface area contributed by atoms with Crippen LogP contribution < -0.4 is 20.7 Å². The lowest BCUT2D eigenvalue weighted by molar-refractivity contribution is -0.117. The van der Waals surface area contributed by atoms with Crippen molar-refractivity contribution in [3.05, 3.63) is 48.3 Å². The fourth-order valence-electron chi connectivity index (χ4n) is 3.49. The van der Waals surface area contributed by atoms with Crippen molar-refractivity contribution >= 4 is 40.8 Å². The Morgan fingerprint density at radius 1 is 1.11 bits per heavy atom. The number of carbonyl (C=O) groups excluding carboxylic acids is 2. The van der Waals surface area contributed by atoms with Crippen LogP contribution in [0.25, 0.3) is 11.3 Å². The minimum absolute atomic E-state index is 0.0152. The van der Waals surface area contributed by atoms with Crippen molar-refractivity contribution in [3.8, 4) is 17.0 Å². The summed E-state index contributed by atoms with van der Waals surface area (Å²) in [6.45, 7) is 4.28. The highest BCUT2D eigenvalue weighted by Crippen LogP contribution is 2.38. The van der Waals surface area contributed by atoms with Gasteiger partial charge in [0.2, 0.25) is 5.91 Å². The molecule has 1 fully saturated rings. The van der Waals surface area contributed by atoms with E-state index >= 15 is 0 Å². The summed E-state index contributed by atoms with van der Waals surface area (Å²) in [5.41, 5.74) is 2.65. The Balaban J connectivity index is 1.67. The number of hydrogen-bond acceptors (Lipinski definition) is 8. The number of ether oxygens (including phenoxy) is 1. The van der Waals surface area contributed by atoms with Crippen LogP contribution in [0.1, 0.15) is 37.2 Å². The predicted octanol–water partition coefficient (Wildman–Crippen LogP) is 4.50. The number of thioether (sulfide) groups is 1. The Bertz CT molecular complexity index is 1230. The summed E-state index contributed by atoms with van der Waals surface area (Å²) < 4.78 is 5.75. The fourth-order valence-corrected chi connectivity index (χ4v) is 4.30. The summed E-state index contributed by atoms with van der Waals surface area (Å²) in [6, 6.07) is 11.2. The first-order chi connectivity index (χ1) is 16.9. The van der Waals surface area contributed by atoms with Crippen LogP contribution in [0.2, 0.25) is 0 Å². The van der Waals surface area contributed by atoms with E-state index in [1.807, 2.05) is 36.5 Å². The molecule has 0 aliphatic heterocycles. The number of benzene rings is 1. The van der Waals surface area contributed by atoms with Crippen LogP contribution in [0.4, 0.5) is 17.2 Å². The maximum absolute atomic E-state index is 12.4. The van der Waals surface area contributed by atoms with Crippen LogP contribution in [0.15, 0.2) is 47.5 Å². The molecule has 35 heavy (non-hydrogen) atoms. The number of amides is 2. The van der Waals surface area contributed by atoms with E-state index in [9.17, 15) is 9.59 Å². The number of anilines is 3. The molecule has 2 amide bonds. The SMILES string of the molecule is CNC(=O)c1nnc(NC(=O)C2CC2)cc1Nc1cccc(-c2ccc(SC(C)C)cn2)c1OC. The van der Waals surface area contributed by atoms with E-state index < -0.39 is 5.91 Å². The van der Waals surface area contributed by atoms with E-state index in [1.54, 1.807) is 24.9 Å². The van der Waals surface area contributed by atoms with Crippen molar-refractivity contribution < 1.29 is 14.3 Å². The van der Waals surface area contributed by atoms with Crippen LogP contribution in [0.5, 0.6) is 5.75 Å². The Labute approximate surface area is 208 Å². The van der Waals surface area contributed by atoms with Gasteiger partial charge in [-0.15, -0.1) is 22.0 Å². The van der Waals surface area contributed by atoms with Gasteiger partial charge in [-0.1, -0.05) is 19.9 Å². The topological polar surface area (TPSA) is 118 Å². The molecule has 0 atom stereocenters. The van der Waals surface area contributed by atoms with Crippen LogP contribution in [0, 0.1) is 5.92 Å². The summed E-state index contributed by atoms with van der Waals surface area (Å²) in [6.07, 6.45) is 3.59. The maximum Gasteiger partial charge on any atom is 0.273 e. The predicted molar refractivity (Wildman–Crippen MR) is 137 cm³/mol. The lowest BCUT2D eigenvalue weighted by atomic mass is 10.1. The second-order valence-corrected chi connectivity index (χ2v) is 10.0. The van der Waals surface area contributed by atoms with Gasteiger partial charge in [-0.2, -0.15) is 0 Å². The normalized spacial score (nSPS) is 12.8. The minimum atomic E-state index is -0.407. The van der Waals surface area contributed by atoms with Crippen LogP contribution >= 0.6 is 11.8 Å². The number of methoxy groups -OCH3 is 1. The molecule has 1 saturated carbocycles. The summed E-state index contributed by atoms with van der Waals surface area (Å²) in [5, 5.41) is 17.1. The molecule has 2 aromatic heterocycles. The van der Waals surface area contributed by atoms with Gasteiger partial charge >= 0.3 is 0 Å². The molecule has 1 aliphatic carbocycles. The van der Waals surface area contributed by atoms with E-state index in [4.69, 9.17) is 4.74 Å². The van der Waals surface area contributed by atoms with E-state index in [-0.39, 0.29) is 23.3 Å². The van der Waals surface area contributed by atoms with Gasteiger partial charge in [-0.05, 0) is 37.1 Å². The Hall–Kier alpha value is -3.66. The number of nitrogens with one attached hydrogen (secondary N) is 3. The average molecular weight is 493 g/mol. The van der Waals surface area contributed by atoms with Gasteiger partial charge in [0.1, 0.15) is 0 Å². The first-order valence-electron chi connectivity index (χ1n) is 11.4. The highest BCUT2D eigenvalue weighted by Gasteiger charge is 2.30. The molecule has 0 spiro atoms. The molecular weight excluding hydrogens is 464 g/mol. The molecule has 182 valence electrons. The second-order valence-electron chi connectivity index (χ2n) is 8.39. The number of carbonyl (C=O) groups is 2. The Kier molecular flexibility index (Phi) is 7.50. The molecule has 3 N–H and O–H groups in total. The maximum atomic E-state index is 12.4. The number of aromatic nitrogens is 3. The van der Waals surface area contributed by atoms with E-state index in [1.165, 1.54) is 7.05 Å². The standard InChI is InChI=1S/C25H28N6O3S/c1-14(2)35-16-10-11-18(27-13-16)17-6-5-7-19(23(17)34-4)28-20-12-21(29-24(32)15-8-9-15)30-31-22(20)25(33)26-3/h5-7,10-15H,8-9H2,1-4H3,(H,26,33)(H2,28,29,30,32). The van der Waals surface area contributed by atoms with Gasteiger partial charge in [0.25, 0.3) is 5.91 Å². The summed E-state index contributed by atoms with van der Waals surface area (Å²) >= 11 is 1.75. The Morgan fingerprint density at radius 2 is 1.91 bits per heavy atom. The first-order valence-corrected chi connectivity index (χ1v) is 12.2. The molecule has 0 saturated heterocycles. The summed E-state index contributed by atoms with van der Waals surface area (Å²) in [5.74, 6) is 0.346. The third-order valence-corrected chi connectivity index (χ3v) is 6.29. The molecule has 9 nitrogen and oxygen atoms in total. The fraction of sp³-hybridized carbons (Fsp3) is 0.320. The molecule has 4 rings (SSSR count). The number of para-hydroxylation sites is 1. The van der Waals surface area contributed by atoms with Gasteiger partial charge in [0.05, 0.1) is 24.2 Å². The molecular formula is C25H28N6O3S. The van der Waals surface area contributed by atoms with Crippen LogP contribution in [-0.2, 0) is 4.79 Å². The average Bonchev–Trinajstić information content (AvgIpc) is 3.69. The molecule has 10 heteroatoms. The number of pyridine rings is 1. The third-order valence-electron chi connectivity index (χ3n) is 5.31. The summed E-state index contributed by atoms with van der Waals surface area (Å²) in [4.78, 5) is 30.4. The molecule has 0 unspecified atom stereocenters. The number of hydrogen-bond donors (Lipinski definition) is 3. The van der Waals surface area contributed by atoms with Gasteiger partial charge in [0.15, 0.2) is 17.3 Å². The highest BCUT2D eigenvalue weighted by molar-refractivity contribution is 7.99. The molecule has 1 aromatic carbocycles. The zero-order valence-electron chi connectivity index (χ0n) is 20.1. The molecule has 1 aliphatic rings. The van der Waals surface area contributed by atoms with Gasteiger partial charge in [-0.25, -0.2) is 0 Å². The van der Waals surface area contributed by atoms with Gasteiger partial charge in [0, 0.05) is 40.9 Å². The van der Waals surface area contributed by atoms with E-state index in [0.717, 1.165) is 29.0 Å². The van der Waals surface area contributed by atoms with Crippen molar-refractivity contribution in [1.29, 1.82) is 0 Å². The Morgan fingerprint density at radius 3 is 2.54 bits per heavy atom.